The number of aromatic nitrogens is 1. The third kappa shape index (κ3) is 3.44. The highest BCUT2D eigenvalue weighted by Gasteiger charge is 2.26. The van der Waals surface area contributed by atoms with Crippen LogP contribution in [0.4, 0.5) is 5.13 Å². The molecule has 2 aromatic rings. The molecule has 20 heavy (non-hydrogen) atoms. The highest BCUT2D eigenvalue weighted by Crippen LogP contribution is 2.34. The van der Waals surface area contributed by atoms with Crippen molar-refractivity contribution >= 4 is 40.5 Å². The molecular weight excluding hydrogens is 313 g/mol. The van der Waals surface area contributed by atoms with Crippen molar-refractivity contribution in [1.29, 1.82) is 0 Å². The Morgan fingerprint density at radius 1 is 1.45 bits per heavy atom. The zero-order valence-corrected chi connectivity index (χ0v) is 13.3. The van der Waals surface area contributed by atoms with Gasteiger partial charge in [0.15, 0.2) is 5.13 Å². The summed E-state index contributed by atoms with van der Waals surface area (Å²) < 4.78 is 0. The van der Waals surface area contributed by atoms with Gasteiger partial charge in [-0.25, -0.2) is 4.98 Å². The van der Waals surface area contributed by atoms with E-state index < -0.39 is 0 Å². The Kier molecular flexibility index (Phi) is 5.27. The van der Waals surface area contributed by atoms with E-state index in [4.69, 9.17) is 17.3 Å². The molecular formula is C14H17Cl2N3S. The van der Waals surface area contributed by atoms with Gasteiger partial charge in [0, 0.05) is 28.7 Å². The largest absolute Gasteiger partial charge is 0.375 e. The van der Waals surface area contributed by atoms with Crippen LogP contribution in [-0.4, -0.2) is 16.4 Å². The SMILES string of the molecule is Cl.Nc1ncc(CN2CCCC2c2cccc(Cl)c2)s1. The molecule has 1 aliphatic rings. The Hall–Kier alpha value is -0.810. The second-order valence-corrected chi connectivity index (χ2v) is 6.43. The maximum absolute atomic E-state index is 6.09. The van der Waals surface area contributed by atoms with Gasteiger partial charge < -0.3 is 5.73 Å². The fraction of sp³-hybridized carbons (Fsp3) is 0.357. The molecule has 1 aromatic heterocycles. The number of hydrogen-bond acceptors (Lipinski definition) is 4. The molecule has 0 amide bonds. The number of nitrogen functional groups attached to an aromatic ring is 1. The van der Waals surface area contributed by atoms with Crippen molar-refractivity contribution in [2.75, 3.05) is 12.3 Å². The number of nitrogens with two attached hydrogens (primary N) is 1. The first-order chi connectivity index (χ1) is 9.22. The van der Waals surface area contributed by atoms with Gasteiger partial charge in [0.25, 0.3) is 0 Å². The average molecular weight is 330 g/mol. The summed E-state index contributed by atoms with van der Waals surface area (Å²) in [5, 5.41) is 1.46. The van der Waals surface area contributed by atoms with Crippen LogP contribution in [0.3, 0.4) is 0 Å². The Bertz CT molecular complexity index is 573. The number of nitrogens with zero attached hydrogens (tertiary/aromatic N) is 2. The third-order valence-electron chi connectivity index (χ3n) is 3.53. The number of hydrogen-bond donors (Lipinski definition) is 1. The van der Waals surface area contributed by atoms with Crippen LogP contribution in [0.15, 0.2) is 30.5 Å². The molecule has 1 saturated heterocycles. The van der Waals surface area contributed by atoms with Crippen LogP contribution in [-0.2, 0) is 6.54 Å². The molecule has 1 aromatic carbocycles. The minimum atomic E-state index is 0. The first kappa shape index (κ1) is 15.6. The lowest BCUT2D eigenvalue weighted by Gasteiger charge is -2.24. The lowest BCUT2D eigenvalue weighted by molar-refractivity contribution is 0.250. The molecule has 0 aliphatic carbocycles. The van der Waals surface area contributed by atoms with Crippen molar-refractivity contribution in [3.63, 3.8) is 0 Å². The van der Waals surface area contributed by atoms with E-state index in [1.54, 1.807) is 11.3 Å². The maximum Gasteiger partial charge on any atom is 0.180 e. The fourth-order valence-corrected chi connectivity index (χ4v) is 3.61. The van der Waals surface area contributed by atoms with Gasteiger partial charge in [-0.2, -0.15) is 0 Å². The summed E-state index contributed by atoms with van der Waals surface area (Å²) in [5.74, 6) is 0. The van der Waals surface area contributed by atoms with Crippen molar-refractivity contribution in [2.45, 2.75) is 25.4 Å². The normalized spacial score (nSPS) is 18.9. The minimum absolute atomic E-state index is 0. The molecule has 0 radical (unpaired) electrons. The van der Waals surface area contributed by atoms with Gasteiger partial charge in [-0.05, 0) is 37.1 Å². The standard InChI is InChI=1S/C14H16ClN3S.ClH/c15-11-4-1-3-10(7-11)13-5-2-6-18(13)9-12-8-17-14(16)19-12;/h1,3-4,7-8,13H,2,5-6,9H2,(H2,16,17);1H. The fourth-order valence-electron chi connectivity index (χ4n) is 2.70. The van der Waals surface area contributed by atoms with Crippen LogP contribution >= 0.6 is 35.3 Å². The number of rotatable bonds is 3. The Balaban J connectivity index is 0.00000147. The highest BCUT2D eigenvalue weighted by molar-refractivity contribution is 7.15. The van der Waals surface area contributed by atoms with Crippen LogP contribution in [0.1, 0.15) is 29.3 Å². The van der Waals surface area contributed by atoms with E-state index in [0.29, 0.717) is 11.2 Å². The van der Waals surface area contributed by atoms with Crippen LogP contribution < -0.4 is 5.73 Å². The molecule has 0 saturated carbocycles. The molecule has 0 spiro atoms. The van der Waals surface area contributed by atoms with E-state index in [9.17, 15) is 0 Å². The quantitative estimate of drug-likeness (QED) is 0.920. The van der Waals surface area contributed by atoms with Crippen molar-refractivity contribution in [3.8, 4) is 0 Å². The van der Waals surface area contributed by atoms with Gasteiger partial charge in [0.2, 0.25) is 0 Å². The van der Waals surface area contributed by atoms with Crippen LogP contribution in [0.5, 0.6) is 0 Å². The summed E-state index contributed by atoms with van der Waals surface area (Å²) in [6.07, 6.45) is 4.30. The predicted molar refractivity (Wildman–Crippen MR) is 87.6 cm³/mol. The Morgan fingerprint density at radius 3 is 3.00 bits per heavy atom. The molecule has 1 aliphatic heterocycles. The number of thiazole rings is 1. The van der Waals surface area contributed by atoms with Gasteiger partial charge in [-0.15, -0.1) is 23.7 Å². The summed E-state index contributed by atoms with van der Waals surface area (Å²) in [4.78, 5) is 7.83. The van der Waals surface area contributed by atoms with Crippen molar-refractivity contribution in [1.82, 2.24) is 9.88 Å². The molecule has 6 heteroatoms. The second-order valence-electron chi connectivity index (χ2n) is 4.85. The van der Waals surface area contributed by atoms with E-state index in [2.05, 4.69) is 22.0 Å². The summed E-state index contributed by atoms with van der Waals surface area (Å²) in [5.41, 5.74) is 7.00. The predicted octanol–water partition coefficient (Wildman–Crippen LogP) is 4.14. The number of anilines is 1. The lowest BCUT2D eigenvalue weighted by Crippen LogP contribution is -2.22. The van der Waals surface area contributed by atoms with E-state index in [-0.39, 0.29) is 12.4 Å². The maximum atomic E-state index is 6.09. The van der Waals surface area contributed by atoms with Crippen molar-refractivity contribution in [2.24, 2.45) is 0 Å². The molecule has 2 N–H and O–H groups in total. The van der Waals surface area contributed by atoms with E-state index >= 15 is 0 Å². The molecule has 1 fully saturated rings. The van der Waals surface area contributed by atoms with Gasteiger partial charge in [-0.1, -0.05) is 23.7 Å². The molecule has 2 heterocycles. The van der Waals surface area contributed by atoms with Crippen molar-refractivity contribution < 1.29 is 0 Å². The summed E-state index contributed by atoms with van der Waals surface area (Å²) in [6, 6.07) is 8.65. The first-order valence-corrected chi connectivity index (χ1v) is 7.61. The zero-order valence-electron chi connectivity index (χ0n) is 11.0. The Morgan fingerprint density at radius 2 is 2.30 bits per heavy atom. The second kappa shape index (κ2) is 6.76. The van der Waals surface area contributed by atoms with Gasteiger partial charge in [0.05, 0.1) is 0 Å². The lowest BCUT2D eigenvalue weighted by atomic mass is 10.0. The topological polar surface area (TPSA) is 42.1 Å². The molecule has 108 valence electrons. The number of halogens is 2. The van der Waals surface area contributed by atoms with E-state index in [1.165, 1.54) is 23.3 Å². The molecule has 0 bridgehead atoms. The monoisotopic (exact) mass is 329 g/mol. The highest BCUT2D eigenvalue weighted by atomic mass is 35.5. The van der Waals surface area contributed by atoms with Crippen molar-refractivity contribution in [3.05, 3.63) is 45.9 Å². The summed E-state index contributed by atoms with van der Waals surface area (Å²) >= 11 is 7.67. The summed E-state index contributed by atoms with van der Waals surface area (Å²) in [7, 11) is 0. The van der Waals surface area contributed by atoms with Gasteiger partial charge in [0.1, 0.15) is 0 Å². The summed E-state index contributed by atoms with van der Waals surface area (Å²) in [6.45, 7) is 2.04. The van der Waals surface area contributed by atoms with Crippen LogP contribution in [0.25, 0.3) is 0 Å². The van der Waals surface area contributed by atoms with Gasteiger partial charge in [-0.3, -0.25) is 4.90 Å². The molecule has 1 atom stereocenters. The minimum Gasteiger partial charge on any atom is -0.375 e. The average Bonchev–Trinajstić information content (AvgIpc) is 2.99. The van der Waals surface area contributed by atoms with Crippen LogP contribution in [0.2, 0.25) is 5.02 Å². The van der Waals surface area contributed by atoms with E-state index in [0.717, 1.165) is 18.1 Å². The first-order valence-electron chi connectivity index (χ1n) is 6.42. The number of likely N-dealkylation sites (tertiary alicyclic amines) is 1. The Labute approximate surface area is 134 Å². The number of benzene rings is 1. The third-order valence-corrected chi connectivity index (χ3v) is 4.57. The smallest absolute Gasteiger partial charge is 0.180 e. The van der Waals surface area contributed by atoms with Crippen LogP contribution in [0, 0.1) is 0 Å². The van der Waals surface area contributed by atoms with E-state index in [1.807, 2.05) is 18.3 Å². The zero-order chi connectivity index (χ0) is 13.2. The molecule has 3 nitrogen and oxygen atoms in total. The molecule has 1 unspecified atom stereocenters. The molecule has 3 rings (SSSR count). The van der Waals surface area contributed by atoms with Gasteiger partial charge >= 0.3 is 0 Å².